The molecule has 0 N–H and O–H groups in total. The Morgan fingerprint density at radius 1 is 0.528 bits per heavy atom. The Hall–Kier alpha value is -3.40. The van der Waals surface area contributed by atoms with Crippen LogP contribution in [-0.4, -0.2) is 24.8 Å². The lowest BCUT2D eigenvalue weighted by Crippen LogP contribution is -2.18. The highest BCUT2D eigenvalue weighted by Gasteiger charge is 2.30. The van der Waals surface area contributed by atoms with E-state index in [1.54, 1.807) is 0 Å². The second kappa shape index (κ2) is 12.5. The van der Waals surface area contributed by atoms with Gasteiger partial charge in [-0.05, 0) is 47.3 Å². The third-order valence-electron chi connectivity index (χ3n) is 6.72. The van der Waals surface area contributed by atoms with E-state index in [2.05, 4.69) is 13.8 Å². The summed E-state index contributed by atoms with van der Waals surface area (Å²) >= 11 is 0. The van der Waals surface area contributed by atoms with Crippen molar-refractivity contribution in [3.05, 3.63) is 94.5 Å². The molecule has 0 spiro atoms. The number of benzene rings is 2. The lowest BCUT2D eigenvalue weighted by atomic mass is 9.82. The van der Waals surface area contributed by atoms with Crippen LogP contribution in [0.5, 0.6) is 0 Å². The third kappa shape index (κ3) is 5.70. The van der Waals surface area contributed by atoms with Gasteiger partial charge in [0.05, 0.1) is 13.2 Å². The van der Waals surface area contributed by atoms with Gasteiger partial charge in [-0.2, -0.15) is 0 Å². The summed E-state index contributed by atoms with van der Waals surface area (Å²) in [6, 6.07) is 15.2. The van der Waals surface area contributed by atoms with Gasteiger partial charge >= 0.3 is 0 Å². The summed E-state index contributed by atoms with van der Waals surface area (Å²) in [5, 5.41) is 0. The van der Waals surface area contributed by atoms with Crippen molar-refractivity contribution in [2.75, 3.05) is 13.2 Å². The van der Waals surface area contributed by atoms with Gasteiger partial charge in [0.2, 0.25) is 11.6 Å². The Balaban J connectivity index is 1.74. The Morgan fingerprint density at radius 3 is 1.31 bits per heavy atom. The molecule has 4 rings (SSSR count). The van der Waals surface area contributed by atoms with Gasteiger partial charge in [-0.3, -0.25) is 9.59 Å². The van der Waals surface area contributed by atoms with Crippen molar-refractivity contribution >= 4 is 22.7 Å². The molecule has 0 heterocycles. The maximum Gasteiger partial charge on any atom is 0.228 e. The first-order valence-corrected chi connectivity index (χ1v) is 13.4. The SMILES string of the molecule is CCCCCCOC1=C/C(=C2/C=C(OCCCCCC)C(=O)c3ccccc32)c2ccccc2C1=O. The summed E-state index contributed by atoms with van der Waals surface area (Å²) in [6.45, 7) is 5.37. The number of ketones is 2. The molecular formula is C32H36O4. The van der Waals surface area contributed by atoms with Crippen molar-refractivity contribution in [1.29, 1.82) is 0 Å². The molecule has 0 fully saturated rings. The van der Waals surface area contributed by atoms with Crippen LogP contribution in [0.3, 0.4) is 0 Å². The minimum Gasteiger partial charge on any atom is -0.489 e. The van der Waals surface area contributed by atoms with Crippen LogP contribution in [0.2, 0.25) is 0 Å². The van der Waals surface area contributed by atoms with Crippen molar-refractivity contribution in [2.45, 2.75) is 65.2 Å². The quantitative estimate of drug-likeness (QED) is 0.287. The Kier molecular flexibility index (Phi) is 8.94. The number of carbonyl (C=O) groups excluding carboxylic acids is 2. The van der Waals surface area contributed by atoms with E-state index in [9.17, 15) is 9.59 Å². The first kappa shape index (κ1) is 25.7. The van der Waals surface area contributed by atoms with Crippen LogP contribution in [0.1, 0.15) is 97.1 Å². The van der Waals surface area contributed by atoms with Gasteiger partial charge in [0, 0.05) is 11.1 Å². The molecule has 2 aliphatic carbocycles. The van der Waals surface area contributed by atoms with Crippen LogP contribution in [0.25, 0.3) is 11.1 Å². The molecule has 0 aliphatic heterocycles. The number of allylic oxidation sites excluding steroid dienone is 6. The van der Waals surface area contributed by atoms with Gasteiger partial charge in [-0.15, -0.1) is 0 Å². The number of hydrogen-bond acceptors (Lipinski definition) is 4. The fourth-order valence-corrected chi connectivity index (χ4v) is 4.73. The first-order chi connectivity index (χ1) is 17.7. The molecule has 0 atom stereocenters. The van der Waals surface area contributed by atoms with E-state index in [-0.39, 0.29) is 11.6 Å². The van der Waals surface area contributed by atoms with Crippen molar-refractivity contribution < 1.29 is 19.1 Å². The van der Waals surface area contributed by atoms with Crippen LogP contribution in [0.4, 0.5) is 0 Å². The number of Topliss-reactive ketones (excluding diaryl/α,β-unsaturated/α-hetero) is 2. The van der Waals surface area contributed by atoms with E-state index in [0.717, 1.165) is 73.6 Å². The number of fused-ring (bicyclic) bond motifs is 2. The van der Waals surface area contributed by atoms with E-state index in [1.807, 2.05) is 60.7 Å². The number of rotatable bonds is 12. The standard InChI is InChI=1S/C32H36O4/c1-3-5-7-13-19-35-29-21-27(23-15-9-11-17-25(23)31(29)33)28-22-30(36-20-14-8-6-4-2)32(34)26-18-12-10-16-24(26)28/h9-12,15-18,21-22H,3-8,13-14,19-20H2,1-2H3/b28-27+. The molecule has 0 bridgehead atoms. The van der Waals surface area contributed by atoms with Crippen LogP contribution in [-0.2, 0) is 9.47 Å². The highest BCUT2D eigenvalue weighted by molar-refractivity contribution is 6.22. The highest BCUT2D eigenvalue weighted by Crippen LogP contribution is 2.40. The molecule has 0 aromatic heterocycles. The molecule has 4 heteroatoms. The van der Waals surface area contributed by atoms with Crippen molar-refractivity contribution in [3.63, 3.8) is 0 Å². The summed E-state index contributed by atoms with van der Waals surface area (Å²) in [5.41, 5.74) is 4.69. The summed E-state index contributed by atoms with van der Waals surface area (Å²) in [7, 11) is 0. The van der Waals surface area contributed by atoms with Gasteiger partial charge in [0.15, 0.2) is 11.5 Å². The van der Waals surface area contributed by atoms with Crippen molar-refractivity contribution in [2.24, 2.45) is 0 Å². The zero-order valence-electron chi connectivity index (χ0n) is 21.5. The van der Waals surface area contributed by atoms with E-state index in [4.69, 9.17) is 9.47 Å². The predicted octanol–water partition coefficient (Wildman–Crippen LogP) is 7.95. The normalized spacial score (nSPS) is 16.7. The average molecular weight is 485 g/mol. The number of unbranched alkanes of at least 4 members (excludes halogenated alkanes) is 6. The van der Waals surface area contributed by atoms with E-state index < -0.39 is 0 Å². The minimum atomic E-state index is -0.0954. The summed E-state index contributed by atoms with van der Waals surface area (Å²) in [5.74, 6) is 0.527. The summed E-state index contributed by atoms with van der Waals surface area (Å²) < 4.78 is 12.0. The van der Waals surface area contributed by atoms with Crippen LogP contribution in [0, 0.1) is 0 Å². The van der Waals surface area contributed by atoms with Crippen molar-refractivity contribution in [3.8, 4) is 0 Å². The van der Waals surface area contributed by atoms with Crippen LogP contribution >= 0.6 is 0 Å². The maximum atomic E-state index is 13.2. The van der Waals surface area contributed by atoms with Gasteiger partial charge in [-0.25, -0.2) is 0 Å². The van der Waals surface area contributed by atoms with Gasteiger partial charge in [-0.1, -0.05) is 101 Å². The molecule has 4 nitrogen and oxygen atoms in total. The predicted molar refractivity (Wildman–Crippen MR) is 145 cm³/mol. The van der Waals surface area contributed by atoms with Gasteiger partial charge in [0.1, 0.15) is 0 Å². The molecule has 2 aliphatic rings. The topological polar surface area (TPSA) is 52.6 Å². The second-order valence-corrected chi connectivity index (χ2v) is 9.41. The highest BCUT2D eigenvalue weighted by atomic mass is 16.5. The molecule has 0 radical (unpaired) electrons. The molecule has 2 aromatic rings. The zero-order valence-corrected chi connectivity index (χ0v) is 21.5. The molecule has 0 saturated heterocycles. The van der Waals surface area contributed by atoms with Gasteiger partial charge in [0.25, 0.3) is 0 Å². The second-order valence-electron chi connectivity index (χ2n) is 9.41. The fraction of sp³-hybridized carbons (Fsp3) is 0.375. The average Bonchev–Trinajstić information content (AvgIpc) is 2.91. The zero-order chi connectivity index (χ0) is 25.3. The van der Waals surface area contributed by atoms with E-state index >= 15 is 0 Å². The monoisotopic (exact) mass is 484 g/mol. The molecule has 0 amide bonds. The van der Waals surface area contributed by atoms with Gasteiger partial charge < -0.3 is 9.47 Å². The Bertz CT molecular complexity index is 1100. The maximum absolute atomic E-state index is 13.2. The van der Waals surface area contributed by atoms with E-state index in [0.29, 0.717) is 35.9 Å². The molecule has 0 unspecified atom stereocenters. The summed E-state index contributed by atoms with van der Waals surface area (Å²) in [4.78, 5) is 26.5. The van der Waals surface area contributed by atoms with Crippen molar-refractivity contribution in [1.82, 2.24) is 0 Å². The molecule has 2 aromatic carbocycles. The minimum absolute atomic E-state index is 0.0954. The largest absolute Gasteiger partial charge is 0.489 e. The fourth-order valence-electron chi connectivity index (χ4n) is 4.73. The lowest BCUT2D eigenvalue weighted by molar-refractivity contribution is 0.0905. The lowest BCUT2D eigenvalue weighted by Gasteiger charge is -2.24. The van der Waals surface area contributed by atoms with Crippen LogP contribution < -0.4 is 0 Å². The number of hydrogen-bond donors (Lipinski definition) is 0. The third-order valence-corrected chi connectivity index (χ3v) is 6.72. The van der Waals surface area contributed by atoms with Crippen LogP contribution in [0.15, 0.2) is 72.2 Å². The summed E-state index contributed by atoms with van der Waals surface area (Å²) in [6.07, 6.45) is 12.3. The van der Waals surface area contributed by atoms with E-state index in [1.165, 1.54) is 0 Å². The molecule has 0 saturated carbocycles. The molecule has 36 heavy (non-hydrogen) atoms. The number of ether oxygens (including phenoxy) is 2. The smallest absolute Gasteiger partial charge is 0.228 e. The molecular weight excluding hydrogens is 448 g/mol. The Labute approximate surface area is 214 Å². The number of carbonyl (C=O) groups is 2. The molecule has 188 valence electrons. The first-order valence-electron chi connectivity index (χ1n) is 13.4. The Morgan fingerprint density at radius 2 is 0.917 bits per heavy atom.